The molecule has 0 saturated heterocycles. The van der Waals surface area contributed by atoms with E-state index in [-0.39, 0.29) is 12.5 Å². The minimum absolute atomic E-state index is 0.0912. The molecule has 1 amide bonds. The molecule has 0 radical (unpaired) electrons. The van der Waals surface area contributed by atoms with Crippen LogP contribution in [0, 0.1) is 6.92 Å². The lowest BCUT2D eigenvalue weighted by molar-refractivity contribution is -0.684. The first-order chi connectivity index (χ1) is 10.5. The minimum atomic E-state index is -0.0912. The number of anilines is 2. The zero-order valence-corrected chi connectivity index (χ0v) is 13.5. The molecule has 0 saturated carbocycles. The lowest BCUT2D eigenvalue weighted by Gasteiger charge is -2.11. The molecule has 5 heteroatoms. The van der Waals surface area contributed by atoms with Gasteiger partial charge in [0.1, 0.15) is 5.75 Å². The van der Waals surface area contributed by atoms with Gasteiger partial charge in [-0.1, -0.05) is 6.07 Å². The van der Waals surface area contributed by atoms with Crippen LogP contribution in [-0.2, 0) is 11.3 Å². The average Bonchev–Trinajstić information content (AvgIpc) is 2.48. The first-order valence-electron chi connectivity index (χ1n) is 7.10. The van der Waals surface area contributed by atoms with E-state index in [0.29, 0.717) is 11.4 Å². The van der Waals surface area contributed by atoms with E-state index < -0.39 is 0 Å². The number of rotatable bonds is 5. The molecule has 1 aromatic heterocycles. The number of amides is 1. The summed E-state index contributed by atoms with van der Waals surface area (Å²) < 4.78 is 7.10. The highest BCUT2D eigenvalue weighted by Gasteiger charge is 2.12. The lowest BCUT2D eigenvalue weighted by Crippen LogP contribution is -2.39. The molecule has 0 atom stereocenters. The summed E-state index contributed by atoms with van der Waals surface area (Å²) in [4.78, 5) is 14.2. The summed E-state index contributed by atoms with van der Waals surface area (Å²) in [6.45, 7) is 2.23. The summed E-state index contributed by atoms with van der Waals surface area (Å²) in [7, 11) is 5.56. The third-order valence-electron chi connectivity index (χ3n) is 3.35. The van der Waals surface area contributed by atoms with Gasteiger partial charge in [-0.25, -0.2) is 0 Å². The number of hydrogen-bond acceptors (Lipinski definition) is 3. The Kier molecular flexibility index (Phi) is 4.99. The molecule has 1 heterocycles. The molecule has 2 aromatic rings. The third kappa shape index (κ3) is 3.97. The summed E-state index contributed by atoms with van der Waals surface area (Å²) in [5.74, 6) is 0.568. The zero-order valence-electron chi connectivity index (χ0n) is 13.5. The van der Waals surface area contributed by atoms with Gasteiger partial charge in [-0.05, 0) is 24.6 Å². The van der Waals surface area contributed by atoms with Crippen molar-refractivity contribution in [1.29, 1.82) is 0 Å². The zero-order chi connectivity index (χ0) is 16.1. The predicted molar refractivity (Wildman–Crippen MR) is 87.3 cm³/mol. The van der Waals surface area contributed by atoms with Crippen molar-refractivity contribution in [2.45, 2.75) is 13.5 Å². The van der Waals surface area contributed by atoms with Gasteiger partial charge in [-0.15, -0.1) is 0 Å². The second-order valence-electron chi connectivity index (χ2n) is 5.38. The maximum absolute atomic E-state index is 12.2. The maximum atomic E-state index is 12.2. The van der Waals surface area contributed by atoms with Crippen LogP contribution in [-0.4, -0.2) is 27.1 Å². The molecule has 0 bridgehead atoms. The Morgan fingerprint density at radius 1 is 1.23 bits per heavy atom. The highest BCUT2D eigenvalue weighted by Crippen LogP contribution is 2.24. The molecule has 1 aromatic carbocycles. The number of aromatic nitrogens is 1. The van der Waals surface area contributed by atoms with E-state index in [1.54, 1.807) is 7.11 Å². The fraction of sp³-hybridized carbons (Fsp3) is 0.294. The monoisotopic (exact) mass is 300 g/mol. The first kappa shape index (κ1) is 15.8. The van der Waals surface area contributed by atoms with E-state index >= 15 is 0 Å². The van der Waals surface area contributed by atoms with Crippen LogP contribution in [0.2, 0.25) is 0 Å². The van der Waals surface area contributed by atoms with Gasteiger partial charge < -0.3 is 15.0 Å². The SMILES string of the molecule is COc1ccc(C)cc1NC(=O)C[n+]1ccc(N(C)C)cc1. The van der Waals surface area contributed by atoms with Gasteiger partial charge in [0.05, 0.1) is 12.8 Å². The van der Waals surface area contributed by atoms with Crippen LogP contribution in [0.15, 0.2) is 42.7 Å². The Balaban J connectivity index is 2.05. The molecular formula is C17H22N3O2+. The van der Waals surface area contributed by atoms with E-state index in [9.17, 15) is 4.79 Å². The van der Waals surface area contributed by atoms with Gasteiger partial charge in [0.15, 0.2) is 12.4 Å². The number of aryl methyl sites for hydroxylation is 1. The summed E-state index contributed by atoms with van der Waals surface area (Å²) in [6, 6.07) is 9.64. The molecule has 0 aliphatic carbocycles. The Morgan fingerprint density at radius 3 is 2.50 bits per heavy atom. The number of carbonyl (C=O) groups is 1. The normalized spacial score (nSPS) is 10.2. The van der Waals surface area contributed by atoms with Crippen molar-refractivity contribution in [3.63, 3.8) is 0 Å². The number of pyridine rings is 1. The fourth-order valence-corrected chi connectivity index (χ4v) is 2.13. The minimum Gasteiger partial charge on any atom is -0.495 e. The number of benzene rings is 1. The lowest BCUT2D eigenvalue weighted by atomic mass is 10.2. The van der Waals surface area contributed by atoms with Crippen molar-refractivity contribution in [3.05, 3.63) is 48.3 Å². The average molecular weight is 300 g/mol. The van der Waals surface area contributed by atoms with E-state index in [1.165, 1.54) is 0 Å². The topological polar surface area (TPSA) is 45.5 Å². The number of hydrogen-bond donors (Lipinski definition) is 1. The molecule has 0 unspecified atom stereocenters. The molecule has 0 aliphatic heterocycles. The van der Waals surface area contributed by atoms with Crippen LogP contribution >= 0.6 is 0 Å². The molecule has 0 aliphatic rings. The van der Waals surface area contributed by atoms with Crippen molar-refractivity contribution >= 4 is 17.3 Å². The van der Waals surface area contributed by atoms with Crippen molar-refractivity contribution in [1.82, 2.24) is 0 Å². The van der Waals surface area contributed by atoms with Gasteiger partial charge >= 0.3 is 0 Å². The summed E-state index contributed by atoms with van der Waals surface area (Å²) in [6.07, 6.45) is 3.78. The second-order valence-corrected chi connectivity index (χ2v) is 5.38. The molecule has 22 heavy (non-hydrogen) atoms. The molecule has 1 N–H and O–H groups in total. The van der Waals surface area contributed by atoms with Crippen LogP contribution in [0.1, 0.15) is 5.56 Å². The third-order valence-corrected chi connectivity index (χ3v) is 3.35. The quantitative estimate of drug-likeness (QED) is 0.859. The van der Waals surface area contributed by atoms with E-state index in [4.69, 9.17) is 4.74 Å². The molecule has 5 nitrogen and oxygen atoms in total. The Morgan fingerprint density at radius 2 is 1.91 bits per heavy atom. The summed E-state index contributed by atoms with van der Waals surface area (Å²) in [5, 5.41) is 2.89. The van der Waals surface area contributed by atoms with Gasteiger partial charge in [-0.3, -0.25) is 4.79 Å². The predicted octanol–water partition coefficient (Wildman–Crippen LogP) is 2.00. The molecule has 0 spiro atoms. The summed E-state index contributed by atoms with van der Waals surface area (Å²) >= 11 is 0. The van der Waals surface area contributed by atoms with Crippen molar-refractivity contribution < 1.29 is 14.1 Å². The number of nitrogens with zero attached hydrogens (tertiary/aromatic N) is 2. The fourth-order valence-electron chi connectivity index (χ4n) is 2.13. The van der Waals surface area contributed by atoms with E-state index in [1.807, 2.05) is 73.2 Å². The van der Waals surface area contributed by atoms with Gasteiger partial charge in [-0.2, -0.15) is 4.57 Å². The largest absolute Gasteiger partial charge is 0.495 e. The number of methoxy groups -OCH3 is 1. The van der Waals surface area contributed by atoms with Crippen LogP contribution in [0.25, 0.3) is 0 Å². The molecule has 2 rings (SSSR count). The Bertz CT molecular complexity index is 651. The second kappa shape index (κ2) is 6.93. The maximum Gasteiger partial charge on any atom is 0.290 e. The van der Waals surface area contributed by atoms with E-state index in [0.717, 1.165) is 11.3 Å². The Labute approximate surface area is 131 Å². The van der Waals surface area contributed by atoms with Gasteiger partial charge in [0, 0.05) is 31.9 Å². The molecule has 116 valence electrons. The first-order valence-corrected chi connectivity index (χ1v) is 7.10. The van der Waals surface area contributed by atoms with Crippen molar-refractivity contribution in [3.8, 4) is 5.75 Å². The highest BCUT2D eigenvalue weighted by molar-refractivity contribution is 5.91. The smallest absolute Gasteiger partial charge is 0.290 e. The number of nitrogens with one attached hydrogen (secondary N) is 1. The van der Waals surface area contributed by atoms with E-state index in [2.05, 4.69) is 5.32 Å². The molecular weight excluding hydrogens is 278 g/mol. The standard InChI is InChI=1S/C17H21N3O2/c1-13-5-6-16(22-4)15(11-13)18-17(21)12-20-9-7-14(8-10-20)19(2)3/h5-11H,12H2,1-4H3/p+1. The number of carbonyl (C=O) groups excluding carboxylic acids is 1. The highest BCUT2D eigenvalue weighted by atomic mass is 16.5. The summed E-state index contributed by atoms with van der Waals surface area (Å²) in [5.41, 5.74) is 2.86. The van der Waals surface area contributed by atoms with Crippen LogP contribution < -0.4 is 19.5 Å². The Hall–Kier alpha value is -2.56. The van der Waals surface area contributed by atoms with Crippen LogP contribution in [0.5, 0.6) is 5.75 Å². The van der Waals surface area contributed by atoms with Gasteiger partial charge in [0.25, 0.3) is 5.91 Å². The van der Waals surface area contributed by atoms with Crippen molar-refractivity contribution in [2.75, 3.05) is 31.4 Å². The number of ether oxygens (including phenoxy) is 1. The van der Waals surface area contributed by atoms with Crippen molar-refractivity contribution in [2.24, 2.45) is 0 Å². The van der Waals surface area contributed by atoms with Crippen LogP contribution in [0.4, 0.5) is 11.4 Å². The molecule has 0 fully saturated rings. The van der Waals surface area contributed by atoms with Gasteiger partial charge in [0.2, 0.25) is 6.54 Å². The van der Waals surface area contributed by atoms with Crippen LogP contribution in [0.3, 0.4) is 0 Å².